The first-order chi connectivity index (χ1) is 12.3. The lowest BCUT2D eigenvalue weighted by Gasteiger charge is -2.08. The SMILES string of the molecule is O=c1nc2[nH]ccc2cn1-c1ccc(CNCc2cccnc2)cc1. The van der Waals surface area contributed by atoms with E-state index in [4.69, 9.17) is 0 Å². The van der Waals surface area contributed by atoms with Crippen LogP contribution in [-0.2, 0) is 13.1 Å². The molecule has 0 aliphatic heterocycles. The van der Waals surface area contributed by atoms with Crippen molar-refractivity contribution in [3.05, 3.63) is 88.9 Å². The number of aromatic amines is 1. The number of nitrogens with one attached hydrogen (secondary N) is 2. The van der Waals surface area contributed by atoms with Crippen LogP contribution in [0.5, 0.6) is 0 Å². The molecule has 0 bridgehead atoms. The molecule has 0 radical (unpaired) electrons. The zero-order chi connectivity index (χ0) is 17.1. The fraction of sp³-hybridized carbons (Fsp3) is 0.105. The maximum Gasteiger partial charge on any atom is 0.354 e. The third-order valence-electron chi connectivity index (χ3n) is 4.03. The van der Waals surface area contributed by atoms with Crippen LogP contribution in [0.3, 0.4) is 0 Å². The van der Waals surface area contributed by atoms with Gasteiger partial charge in [-0.05, 0) is 35.4 Å². The molecule has 0 fully saturated rings. The van der Waals surface area contributed by atoms with Gasteiger partial charge in [0.2, 0.25) is 0 Å². The highest BCUT2D eigenvalue weighted by atomic mass is 16.1. The van der Waals surface area contributed by atoms with Crippen molar-refractivity contribution in [1.82, 2.24) is 24.8 Å². The van der Waals surface area contributed by atoms with Gasteiger partial charge in [-0.2, -0.15) is 4.98 Å². The third-order valence-corrected chi connectivity index (χ3v) is 4.03. The predicted molar refractivity (Wildman–Crippen MR) is 96.5 cm³/mol. The zero-order valence-corrected chi connectivity index (χ0v) is 13.5. The summed E-state index contributed by atoms with van der Waals surface area (Å²) >= 11 is 0. The minimum Gasteiger partial charge on any atom is -0.346 e. The maximum absolute atomic E-state index is 12.2. The Morgan fingerprint density at radius 1 is 1.04 bits per heavy atom. The van der Waals surface area contributed by atoms with Gasteiger partial charge in [0.05, 0.1) is 5.69 Å². The number of benzene rings is 1. The average Bonchev–Trinajstić information content (AvgIpc) is 3.10. The van der Waals surface area contributed by atoms with Gasteiger partial charge in [-0.15, -0.1) is 0 Å². The van der Waals surface area contributed by atoms with Crippen molar-refractivity contribution in [2.45, 2.75) is 13.1 Å². The van der Waals surface area contributed by atoms with Crippen LogP contribution < -0.4 is 11.0 Å². The fourth-order valence-electron chi connectivity index (χ4n) is 2.73. The molecule has 3 aromatic heterocycles. The maximum atomic E-state index is 12.2. The van der Waals surface area contributed by atoms with Gasteiger partial charge in [-0.25, -0.2) is 4.79 Å². The molecule has 0 saturated heterocycles. The van der Waals surface area contributed by atoms with Crippen molar-refractivity contribution in [2.24, 2.45) is 0 Å². The van der Waals surface area contributed by atoms with E-state index in [0.29, 0.717) is 5.65 Å². The summed E-state index contributed by atoms with van der Waals surface area (Å²) in [4.78, 5) is 23.3. The lowest BCUT2D eigenvalue weighted by molar-refractivity contribution is 0.691. The first-order valence-electron chi connectivity index (χ1n) is 8.05. The van der Waals surface area contributed by atoms with Crippen molar-refractivity contribution < 1.29 is 0 Å². The number of H-pyrrole nitrogens is 1. The number of hydrogen-bond donors (Lipinski definition) is 2. The van der Waals surface area contributed by atoms with E-state index in [9.17, 15) is 4.79 Å². The summed E-state index contributed by atoms with van der Waals surface area (Å²) in [5.74, 6) is 0. The summed E-state index contributed by atoms with van der Waals surface area (Å²) in [5.41, 5.74) is 3.42. The number of rotatable bonds is 5. The van der Waals surface area contributed by atoms with Gasteiger partial charge >= 0.3 is 5.69 Å². The van der Waals surface area contributed by atoms with Crippen LogP contribution in [0, 0.1) is 0 Å². The molecule has 25 heavy (non-hydrogen) atoms. The van der Waals surface area contributed by atoms with E-state index in [1.54, 1.807) is 23.2 Å². The van der Waals surface area contributed by atoms with E-state index in [1.807, 2.05) is 48.7 Å². The van der Waals surface area contributed by atoms with Crippen molar-refractivity contribution in [1.29, 1.82) is 0 Å². The number of aromatic nitrogens is 4. The fourth-order valence-corrected chi connectivity index (χ4v) is 2.73. The molecule has 0 spiro atoms. The Morgan fingerprint density at radius 3 is 2.68 bits per heavy atom. The normalized spacial score (nSPS) is 11.0. The quantitative estimate of drug-likeness (QED) is 0.589. The van der Waals surface area contributed by atoms with E-state index < -0.39 is 0 Å². The molecule has 124 valence electrons. The van der Waals surface area contributed by atoms with Crippen molar-refractivity contribution in [3.63, 3.8) is 0 Å². The molecule has 3 heterocycles. The highest BCUT2D eigenvalue weighted by Crippen LogP contribution is 2.12. The van der Waals surface area contributed by atoms with Crippen LogP contribution in [0.1, 0.15) is 11.1 Å². The molecule has 0 atom stereocenters. The van der Waals surface area contributed by atoms with E-state index in [-0.39, 0.29) is 5.69 Å². The number of hydrogen-bond acceptors (Lipinski definition) is 4. The Labute approximate surface area is 144 Å². The molecule has 2 N–H and O–H groups in total. The Kier molecular flexibility index (Phi) is 4.10. The summed E-state index contributed by atoms with van der Waals surface area (Å²) in [5, 5.41) is 4.29. The minimum absolute atomic E-state index is 0.294. The molecule has 0 unspecified atom stereocenters. The summed E-state index contributed by atoms with van der Waals surface area (Å²) in [7, 11) is 0. The van der Waals surface area contributed by atoms with E-state index in [1.165, 1.54) is 0 Å². The van der Waals surface area contributed by atoms with Gasteiger partial charge in [0.15, 0.2) is 0 Å². The molecule has 6 nitrogen and oxygen atoms in total. The van der Waals surface area contributed by atoms with Gasteiger partial charge in [0.25, 0.3) is 0 Å². The first kappa shape index (κ1) is 15.3. The average molecular weight is 331 g/mol. The van der Waals surface area contributed by atoms with Crippen LogP contribution >= 0.6 is 0 Å². The minimum atomic E-state index is -0.294. The Morgan fingerprint density at radius 2 is 1.88 bits per heavy atom. The molecular weight excluding hydrogens is 314 g/mol. The smallest absolute Gasteiger partial charge is 0.346 e. The second kappa shape index (κ2) is 6.70. The Hall–Kier alpha value is -3.25. The molecule has 6 heteroatoms. The van der Waals surface area contributed by atoms with Crippen LogP contribution in [0.15, 0.2) is 72.0 Å². The number of nitrogens with zero attached hydrogens (tertiary/aromatic N) is 3. The van der Waals surface area contributed by atoms with E-state index >= 15 is 0 Å². The van der Waals surface area contributed by atoms with E-state index in [0.717, 1.165) is 35.3 Å². The third kappa shape index (κ3) is 3.34. The largest absolute Gasteiger partial charge is 0.354 e. The summed E-state index contributed by atoms with van der Waals surface area (Å²) in [6.07, 6.45) is 7.20. The van der Waals surface area contributed by atoms with Crippen molar-refractivity contribution in [2.75, 3.05) is 0 Å². The zero-order valence-electron chi connectivity index (χ0n) is 13.5. The van der Waals surface area contributed by atoms with Crippen LogP contribution in [0.4, 0.5) is 0 Å². The van der Waals surface area contributed by atoms with Crippen LogP contribution in [0.2, 0.25) is 0 Å². The summed E-state index contributed by atoms with van der Waals surface area (Å²) < 4.78 is 1.56. The lowest BCUT2D eigenvalue weighted by Crippen LogP contribution is -2.20. The Bertz CT molecular complexity index is 1030. The van der Waals surface area contributed by atoms with Gasteiger partial charge < -0.3 is 10.3 Å². The summed E-state index contributed by atoms with van der Waals surface area (Å²) in [6, 6.07) is 13.8. The number of pyridine rings is 1. The lowest BCUT2D eigenvalue weighted by atomic mass is 10.2. The highest BCUT2D eigenvalue weighted by Gasteiger charge is 2.04. The second-order valence-electron chi connectivity index (χ2n) is 5.81. The van der Waals surface area contributed by atoms with Crippen molar-refractivity contribution in [3.8, 4) is 5.69 Å². The standard InChI is InChI=1S/C19H17N5O/c25-19-23-18-16(7-9-22-18)13-24(19)17-5-3-14(4-6-17)10-21-12-15-2-1-8-20-11-15/h1-9,11,13,21H,10,12H2,(H,22,23,25). The molecule has 4 aromatic rings. The first-order valence-corrected chi connectivity index (χ1v) is 8.05. The second-order valence-corrected chi connectivity index (χ2v) is 5.81. The highest BCUT2D eigenvalue weighted by molar-refractivity contribution is 5.74. The monoisotopic (exact) mass is 331 g/mol. The topological polar surface area (TPSA) is 75.6 Å². The van der Waals surface area contributed by atoms with Crippen LogP contribution in [0.25, 0.3) is 16.7 Å². The molecular formula is C19H17N5O. The van der Waals surface area contributed by atoms with Crippen LogP contribution in [-0.4, -0.2) is 19.5 Å². The molecule has 4 rings (SSSR count). The molecule has 0 amide bonds. The number of fused-ring (bicyclic) bond motifs is 1. The summed E-state index contributed by atoms with van der Waals surface area (Å²) in [6.45, 7) is 1.52. The van der Waals surface area contributed by atoms with Gasteiger partial charge in [0.1, 0.15) is 5.65 Å². The molecule has 0 saturated carbocycles. The van der Waals surface area contributed by atoms with Gasteiger partial charge in [0, 0.05) is 43.3 Å². The van der Waals surface area contributed by atoms with Gasteiger partial charge in [-0.1, -0.05) is 18.2 Å². The van der Waals surface area contributed by atoms with Crippen molar-refractivity contribution >= 4 is 11.0 Å². The van der Waals surface area contributed by atoms with Gasteiger partial charge in [-0.3, -0.25) is 9.55 Å². The van der Waals surface area contributed by atoms with E-state index in [2.05, 4.69) is 20.3 Å². The molecule has 0 aliphatic carbocycles. The molecule has 0 aliphatic rings. The predicted octanol–water partition coefficient (Wildman–Crippen LogP) is 2.40. The molecule has 1 aromatic carbocycles. The Balaban J connectivity index is 1.47.